The Morgan fingerprint density at radius 1 is 1.19 bits per heavy atom. The smallest absolute Gasteiger partial charge is 0.296 e. The van der Waals surface area contributed by atoms with Gasteiger partial charge in [0.1, 0.15) is 17.3 Å². The highest BCUT2D eigenvalue weighted by molar-refractivity contribution is 6.46. The number of benzene rings is 1. The minimum atomic E-state index is -0.771. The molecule has 7 heteroatoms. The molecule has 0 spiro atoms. The Bertz CT molecular complexity index is 1170. The van der Waals surface area contributed by atoms with Crippen LogP contribution in [0.25, 0.3) is 5.76 Å². The van der Waals surface area contributed by atoms with E-state index in [1.165, 1.54) is 11.2 Å². The third-order valence-electron chi connectivity index (χ3n) is 5.59. The fraction of sp³-hybridized carbons (Fsp3) is 0.240. The fourth-order valence-corrected chi connectivity index (χ4v) is 3.99. The summed E-state index contributed by atoms with van der Waals surface area (Å²) in [5.41, 5.74) is 2.05. The zero-order valence-electron chi connectivity index (χ0n) is 18.1. The van der Waals surface area contributed by atoms with E-state index >= 15 is 0 Å². The van der Waals surface area contributed by atoms with Gasteiger partial charge < -0.3 is 19.2 Å². The lowest BCUT2D eigenvalue weighted by molar-refractivity contribution is -0.140. The standard InChI is InChI=1S/C25H24N2O5/c1-15(2)19-13-17(6-7-20(19)31-3)23(28)21-22(16-8-10-26-11-9-16)27(25(30)24(21)29)14-18-5-4-12-32-18/h4-13,15,22,28H,14H2,1-3H3/b23-21-. The largest absolute Gasteiger partial charge is 0.507 e. The van der Waals surface area contributed by atoms with Crippen LogP contribution in [0.1, 0.15) is 48.3 Å². The number of hydrogen-bond donors (Lipinski definition) is 1. The minimum Gasteiger partial charge on any atom is -0.507 e. The highest BCUT2D eigenvalue weighted by atomic mass is 16.5. The van der Waals surface area contributed by atoms with Gasteiger partial charge in [-0.25, -0.2) is 0 Å². The van der Waals surface area contributed by atoms with Crippen molar-refractivity contribution in [2.24, 2.45) is 0 Å². The van der Waals surface area contributed by atoms with Gasteiger partial charge in [-0.1, -0.05) is 13.8 Å². The first-order chi connectivity index (χ1) is 15.4. The number of methoxy groups -OCH3 is 1. The molecule has 3 aromatic rings. The van der Waals surface area contributed by atoms with Crippen LogP contribution in [0, 0.1) is 0 Å². The molecule has 1 atom stereocenters. The number of nitrogens with zero attached hydrogens (tertiary/aromatic N) is 2. The van der Waals surface area contributed by atoms with Crippen molar-refractivity contribution in [2.75, 3.05) is 7.11 Å². The average Bonchev–Trinajstić information content (AvgIpc) is 3.41. The second-order valence-corrected chi connectivity index (χ2v) is 7.90. The topological polar surface area (TPSA) is 92.9 Å². The van der Waals surface area contributed by atoms with Crippen LogP contribution in [-0.4, -0.2) is 33.8 Å². The Hall–Kier alpha value is -3.87. The summed E-state index contributed by atoms with van der Waals surface area (Å²) < 4.78 is 10.8. The quantitative estimate of drug-likeness (QED) is 0.352. The molecular formula is C25H24N2O5. The monoisotopic (exact) mass is 432 g/mol. The molecule has 1 aromatic carbocycles. The van der Waals surface area contributed by atoms with Gasteiger partial charge in [0.15, 0.2) is 0 Å². The molecule has 1 saturated heterocycles. The number of aromatic nitrogens is 1. The molecule has 0 bridgehead atoms. The highest BCUT2D eigenvalue weighted by Crippen LogP contribution is 2.41. The van der Waals surface area contributed by atoms with E-state index in [-0.39, 0.29) is 23.8 Å². The minimum absolute atomic E-state index is 0.0348. The Kier molecular flexibility index (Phi) is 5.81. The van der Waals surface area contributed by atoms with Gasteiger partial charge in [-0.15, -0.1) is 0 Å². The van der Waals surface area contributed by atoms with Crippen molar-refractivity contribution in [1.82, 2.24) is 9.88 Å². The molecule has 0 aliphatic carbocycles. The van der Waals surface area contributed by atoms with E-state index in [1.54, 1.807) is 62.0 Å². The van der Waals surface area contributed by atoms with E-state index in [0.29, 0.717) is 22.6 Å². The van der Waals surface area contributed by atoms with Gasteiger partial charge in [-0.05, 0) is 59.5 Å². The maximum absolute atomic E-state index is 13.1. The fourth-order valence-electron chi connectivity index (χ4n) is 3.99. The van der Waals surface area contributed by atoms with Crippen molar-refractivity contribution >= 4 is 17.4 Å². The van der Waals surface area contributed by atoms with Crippen LogP contribution in [0.4, 0.5) is 0 Å². The van der Waals surface area contributed by atoms with E-state index in [0.717, 1.165) is 5.56 Å². The van der Waals surface area contributed by atoms with Gasteiger partial charge >= 0.3 is 0 Å². The number of aliphatic hydroxyl groups excluding tert-OH is 1. The number of carbonyl (C=O) groups is 2. The summed E-state index contributed by atoms with van der Waals surface area (Å²) in [5.74, 6) is -0.287. The summed E-state index contributed by atoms with van der Waals surface area (Å²) in [4.78, 5) is 31.5. The molecule has 1 amide bonds. The van der Waals surface area contributed by atoms with Crippen LogP contribution in [0.15, 0.2) is 71.1 Å². The number of Topliss-reactive ketones (excluding diaryl/α,β-unsaturated/α-hetero) is 1. The number of furan rings is 1. The number of ketones is 1. The van der Waals surface area contributed by atoms with Gasteiger partial charge in [0.2, 0.25) is 0 Å². The van der Waals surface area contributed by atoms with Crippen molar-refractivity contribution < 1.29 is 23.8 Å². The van der Waals surface area contributed by atoms with Gasteiger partial charge in [-0.2, -0.15) is 0 Å². The van der Waals surface area contributed by atoms with Gasteiger partial charge in [0.05, 0.1) is 31.5 Å². The Labute approximate surface area is 186 Å². The Balaban J connectivity index is 1.87. The molecule has 1 N–H and O–H groups in total. The number of carbonyl (C=O) groups excluding carboxylic acids is 2. The summed E-state index contributed by atoms with van der Waals surface area (Å²) in [6.07, 6.45) is 4.69. The van der Waals surface area contributed by atoms with Crippen LogP contribution >= 0.6 is 0 Å². The molecule has 32 heavy (non-hydrogen) atoms. The average molecular weight is 432 g/mol. The SMILES string of the molecule is COc1ccc(/C(O)=C2/C(=O)C(=O)N(Cc3ccco3)C2c2ccncc2)cc1C(C)C. The van der Waals surface area contributed by atoms with Crippen molar-refractivity contribution in [1.29, 1.82) is 0 Å². The first kappa shape index (κ1) is 21.4. The van der Waals surface area contributed by atoms with Crippen molar-refractivity contribution in [3.05, 3.63) is 89.1 Å². The van der Waals surface area contributed by atoms with Crippen molar-refractivity contribution in [3.8, 4) is 5.75 Å². The van der Waals surface area contributed by atoms with Crippen LogP contribution in [-0.2, 0) is 16.1 Å². The third kappa shape index (κ3) is 3.77. The lowest BCUT2D eigenvalue weighted by atomic mass is 9.93. The van der Waals surface area contributed by atoms with Gasteiger partial charge in [0, 0.05) is 18.0 Å². The van der Waals surface area contributed by atoms with Crippen LogP contribution in [0.3, 0.4) is 0 Å². The van der Waals surface area contributed by atoms with E-state index in [2.05, 4.69) is 4.98 Å². The van der Waals surface area contributed by atoms with E-state index < -0.39 is 17.7 Å². The number of likely N-dealkylation sites (tertiary alicyclic amines) is 1. The highest BCUT2D eigenvalue weighted by Gasteiger charge is 2.46. The Morgan fingerprint density at radius 3 is 2.56 bits per heavy atom. The number of aliphatic hydroxyl groups is 1. The second-order valence-electron chi connectivity index (χ2n) is 7.90. The number of rotatable bonds is 6. The molecule has 1 aliphatic rings. The molecular weight excluding hydrogens is 408 g/mol. The Morgan fingerprint density at radius 2 is 1.94 bits per heavy atom. The molecule has 0 radical (unpaired) electrons. The zero-order chi connectivity index (χ0) is 22.8. The van der Waals surface area contributed by atoms with E-state index in [1.807, 2.05) is 13.8 Å². The van der Waals surface area contributed by atoms with Crippen LogP contribution in [0.2, 0.25) is 0 Å². The lowest BCUT2D eigenvalue weighted by Gasteiger charge is -2.24. The van der Waals surface area contributed by atoms with Crippen molar-refractivity contribution in [2.45, 2.75) is 32.4 Å². The summed E-state index contributed by atoms with van der Waals surface area (Å²) in [7, 11) is 1.59. The van der Waals surface area contributed by atoms with Crippen LogP contribution < -0.4 is 4.74 Å². The zero-order valence-corrected chi connectivity index (χ0v) is 18.1. The first-order valence-electron chi connectivity index (χ1n) is 10.3. The maximum Gasteiger partial charge on any atom is 0.296 e. The molecule has 164 valence electrons. The van der Waals surface area contributed by atoms with E-state index in [9.17, 15) is 14.7 Å². The van der Waals surface area contributed by atoms with Crippen LogP contribution in [0.5, 0.6) is 5.75 Å². The molecule has 2 aromatic heterocycles. The molecule has 3 heterocycles. The molecule has 1 fully saturated rings. The number of hydrogen-bond acceptors (Lipinski definition) is 6. The predicted octanol–water partition coefficient (Wildman–Crippen LogP) is 4.43. The van der Waals surface area contributed by atoms with Gasteiger partial charge in [0.25, 0.3) is 11.7 Å². The van der Waals surface area contributed by atoms with Gasteiger partial charge in [-0.3, -0.25) is 14.6 Å². The number of ether oxygens (including phenoxy) is 1. The van der Waals surface area contributed by atoms with Crippen molar-refractivity contribution in [3.63, 3.8) is 0 Å². The maximum atomic E-state index is 13.1. The predicted molar refractivity (Wildman–Crippen MR) is 118 cm³/mol. The summed E-state index contributed by atoms with van der Waals surface area (Å²) in [6.45, 7) is 4.13. The molecule has 1 unspecified atom stereocenters. The normalized spacial score (nSPS) is 17.9. The molecule has 1 aliphatic heterocycles. The lowest BCUT2D eigenvalue weighted by Crippen LogP contribution is -2.29. The summed E-state index contributed by atoms with van der Waals surface area (Å²) in [6, 6.07) is 11.4. The number of pyridine rings is 1. The van der Waals surface area contributed by atoms with E-state index in [4.69, 9.17) is 9.15 Å². The number of amides is 1. The second kappa shape index (κ2) is 8.70. The summed E-state index contributed by atoms with van der Waals surface area (Å²) in [5, 5.41) is 11.3. The first-order valence-corrected chi connectivity index (χ1v) is 10.3. The third-order valence-corrected chi connectivity index (χ3v) is 5.59. The molecule has 7 nitrogen and oxygen atoms in total. The molecule has 4 rings (SSSR count). The summed E-state index contributed by atoms with van der Waals surface area (Å²) >= 11 is 0. The molecule has 0 saturated carbocycles.